The van der Waals surface area contributed by atoms with Gasteiger partial charge in [-0.3, -0.25) is 14.5 Å². The second-order valence-electron chi connectivity index (χ2n) is 5.91. The molecule has 0 bridgehead atoms. The van der Waals surface area contributed by atoms with Crippen molar-refractivity contribution < 1.29 is 4.79 Å². The van der Waals surface area contributed by atoms with E-state index in [0.29, 0.717) is 5.69 Å². The molecule has 0 aliphatic rings. The monoisotopic (exact) mass is 364 g/mol. The maximum Gasteiger partial charge on any atom is 0.230 e. The largest absolute Gasteiger partial charge is 0.324 e. The minimum atomic E-state index is -0.129. The van der Waals surface area contributed by atoms with Crippen molar-refractivity contribution in [3.05, 3.63) is 53.6 Å². The van der Waals surface area contributed by atoms with E-state index in [4.69, 9.17) is 0 Å². The van der Waals surface area contributed by atoms with Crippen LogP contribution in [-0.4, -0.2) is 30.6 Å². The van der Waals surface area contributed by atoms with Gasteiger partial charge in [0.25, 0.3) is 0 Å². The highest BCUT2D eigenvalue weighted by Crippen LogP contribution is 2.23. The third-order valence-electron chi connectivity index (χ3n) is 3.95. The Morgan fingerprint density at radius 3 is 3.04 bits per heavy atom. The number of rotatable bonds is 4. The number of aromatic nitrogens is 5. The van der Waals surface area contributed by atoms with Crippen LogP contribution in [0.2, 0.25) is 0 Å². The molecular weight excluding hydrogens is 348 g/mol. The van der Waals surface area contributed by atoms with Crippen LogP contribution in [0, 0.1) is 6.92 Å². The number of nitrogens with one attached hydrogen (secondary N) is 1. The number of anilines is 1. The molecule has 4 rings (SSSR count). The van der Waals surface area contributed by atoms with Crippen molar-refractivity contribution in [3.63, 3.8) is 0 Å². The topological polar surface area (TPSA) is 85.6 Å². The van der Waals surface area contributed by atoms with Gasteiger partial charge in [-0.2, -0.15) is 5.10 Å². The maximum atomic E-state index is 12.3. The zero-order valence-electron chi connectivity index (χ0n) is 14.3. The third kappa shape index (κ3) is 3.18. The van der Waals surface area contributed by atoms with E-state index in [0.717, 1.165) is 33.0 Å². The molecule has 4 aromatic rings. The smallest absolute Gasteiger partial charge is 0.230 e. The summed E-state index contributed by atoms with van der Waals surface area (Å²) < 4.78 is 1.73. The van der Waals surface area contributed by atoms with Crippen molar-refractivity contribution in [2.45, 2.75) is 13.3 Å². The number of nitrogens with zero attached hydrogens (tertiary/aromatic N) is 5. The van der Waals surface area contributed by atoms with Crippen molar-refractivity contribution in [2.75, 3.05) is 5.32 Å². The van der Waals surface area contributed by atoms with Gasteiger partial charge in [0.05, 0.1) is 29.7 Å². The zero-order valence-corrected chi connectivity index (χ0v) is 15.1. The van der Waals surface area contributed by atoms with E-state index < -0.39 is 0 Å². The van der Waals surface area contributed by atoms with Crippen LogP contribution in [0.25, 0.3) is 21.6 Å². The predicted octanol–water partition coefficient (Wildman–Crippen LogP) is 2.98. The summed E-state index contributed by atoms with van der Waals surface area (Å²) in [5.74, 6) is -0.129. The lowest BCUT2D eigenvalue weighted by molar-refractivity contribution is -0.115. The molecule has 0 saturated heterocycles. The first kappa shape index (κ1) is 16.3. The first-order chi connectivity index (χ1) is 12.6. The fraction of sp³-hybridized carbons (Fsp3) is 0.167. The number of hydrogen-bond acceptors (Lipinski definition) is 6. The lowest BCUT2D eigenvalue weighted by Crippen LogP contribution is -2.14. The number of thiazole rings is 1. The molecule has 0 fully saturated rings. The number of pyridine rings is 2. The van der Waals surface area contributed by atoms with Gasteiger partial charge in [0, 0.05) is 35.8 Å². The molecular formula is C18H16N6OS. The molecule has 4 aromatic heterocycles. The van der Waals surface area contributed by atoms with Crippen LogP contribution in [-0.2, 0) is 18.3 Å². The van der Waals surface area contributed by atoms with Crippen LogP contribution in [0.15, 0.2) is 42.2 Å². The SMILES string of the molecule is Cc1nn(C)c2ncc(NC(=O)Cc3csc(-c4cccnc4)n3)cc12. The molecule has 0 aromatic carbocycles. The van der Waals surface area contributed by atoms with E-state index in [1.807, 2.05) is 37.6 Å². The Labute approximate surface area is 153 Å². The van der Waals surface area contributed by atoms with E-state index in [2.05, 4.69) is 25.4 Å². The minimum Gasteiger partial charge on any atom is -0.324 e. The molecule has 1 N–H and O–H groups in total. The van der Waals surface area contributed by atoms with Crippen molar-refractivity contribution >= 4 is 34.0 Å². The third-order valence-corrected chi connectivity index (χ3v) is 4.89. The van der Waals surface area contributed by atoms with Gasteiger partial charge in [-0.15, -0.1) is 11.3 Å². The van der Waals surface area contributed by atoms with Crippen LogP contribution in [0.3, 0.4) is 0 Å². The quantitative estimate of drug-likeness (QED) is 0.602. The van der Waals surface area contributed by atoms with Crippen LogP contribution in [0.1, 0.15) is 11.4 Å². The van der Waals surface area contributed by atoms with Crippen LogP contribution >= 0.6 is 11.3 Å². The number of carbonyl (C=O) groups excluding carboxylic acids is 1. The normalized spacial score (nSPS) is 11.0. The lowest BCUT2D eigenvalue weighted by Gasteiger charge is -2.04. The number of hydrogen-bond donors (Lipinski definition) is 1. The number of amides is 1. The summed E-state index contributed by atoms with van der Waals surface area (Å²) in [6.07, 6.45) is 5.34. The zero-order chi connectivity index (χ0) is 18.1. The Hall–Kier alpha value is -3.13. The molecule has 4 heterocycles. The van der Waals surface area contributed by atoms with Crippen molar-refractivity contribution in [1.82, 2.24) is 24.7 Å². The molecule has 0 radical (unpaired) electrons. The van der Waals surface area contributed by atoms with E-state index in [-0.39, 0.29) is 12.3 Å². The summed E-state index contributed by atoms with van der Waals surface area (Å²) in [4.78, 5) is 25.3. The Morgan fingerprint density at radius 2 is 2.23 bits per heavy atom. The maximum absolute atomic E-state index is 12.3. The molecule has 0 unspecified atom stereocenters. The summed E-state index contributed by atoms with van der Waals surface area (Å²) in [6, 6.07) is 5.71. The molecule has 0 aliphatic heterocycles. The summed E-state index contributed by atoms with van der Waals surface area (Å²) in [5, 5.41) is 10.9. The summed E-state index contributed by atoms with van der Waals surface area (Å²) in [6.45, 7) is 1.92. The van der Waals surface area contributed by atoms with Gasteiger partial charge in [-0.1, -0.05) is 0 Å². The Kier molecular flexibility index (Phi) is 4.18. The molecule has 130 valence electrons. The van der Waals surface area contributed by atoms with Gasteiger partial charge < -0.3 is 5.32 Å². The van der Waals surface area contributed by atoms with E-state index in [1.54, 1.807) is 23.3 Å². The molecule has 0 saturated carbocycles. The fourth-order valence-corrected chi connectivity index (χ4v) is 3.57. The summed E-state index contributed by atoms with van der Waals surface area (Å²) >= 11 is 1.50. The molecule has 26 heavy (non-hydrogen) atoms. The molecule has 0 aliphatic carbocycles. The van der Waals surface area contributed by atoms with Gasteiger partial charge in [0.2, 0.25) is 5.91 Å². The first-order valence-electron chi connectivity index (χ1n) is 8.04. The lowest BCUT2D eigenvalue weighted by atomic mass is 10.2. The highest BCUT2D eigenvalue weighted by molar-refractivity contribution is 7.13. The Balaban J connectivity index is 1.47. The van der Waals surface area contributed by atoms with Gasteiger partial charge in [-0.25, -0.2) is 9.97 Å². The van der Waals surface area contributed by atoms with Crippen molar-refractivity contribution in [2.24, 2.45) is 7.05 Å². The van der Waals surface area contributed by atoms with Crippen LogP contribution < -0.4 is 5.32 Å². The number of carbonyl (C=O) groups is 1. The highest BCUT2D eigenvalue weighted by atomic mass is 32.1. The van der Waals surface area contributed by atoms with E-state index in [1.165, 1.54) is 11.3 Å². The standard InChI is InChI=1S/C18H16N6OS/c1-11-15-6-13(9-20-17(15)24(2)23-11)21-16(25)7-14-10-26-18(22-14)12-4-3-5-19-8-12/h3-6,8-10H,7H2,1-2H3,(H,21,25). The van der Waals surface area contributed by atoms with Gasteiger partial charge in [0.15, 0.2) is 5.65 Å². The average molecular weight is 364 g/mol. The van der Waals surface area contributed by atoms with Gasteiger partial charge in [-0.05, 0) is 25.1 Å². The average Bonchev–Trinajstić information content (AvgIpc) is 3.20. The highest BCUT2D eigenvalue weighted by Gasteiger charge is 2.12. The Morgan fingerprint density at radius 1 is 1.35 bits per heavy atom. The van der Waals surface area contributed by atoms with E-state index in [9.17, 15) is 4.79 Å². The molecule has 0 atom stereocenters. The second kappa shape index (κ2) is 6.64. The molecule has 7 nitrogen and oxygen atoms in total. The first-order valence-corrected chi connectivity index (χ1v) is 8.92. The van der Waals surface area contributed by atoms with Crippen LogP contribution in [0.4, 0.5) is 5.69 Å². The summed E-state index contributed by atoms with van der Waals surface area (Å²) in [7, 11) is 1.85. The fourth-order valence-electron chi connectivity index (χ4n) is 2.76. The van der Waals surface area contributed by atoms with Gasteiger partial charge in [0.1, 0.15) is 5.01 Å². The van der Waals surface area contributed by atoms with Crippen LogP contribution in [0.5, 0.6) is 0 Å². The van der Waals surface area contributed by atoms with Crippen molar-refractivity contribution in [1.29, 1.82) is 0 Å². The summed E-state index contributed by atoms with van der Waals surface area (Å²) in [5.41, 5.74) is 4.01. The molecule has 8 heteroatoms. The van der Waals surface area contributed by atoms with E-state index >= 15 is 0 Å². The molecule has 1 amide bonds. The van der Waals surface area contributed by atoms with Gasteiger partial charge >= 0.3 is 0 Å². The second-order valence-corrected chi connectivity index (χ2v) is 6.77. The Bertz CT molecular complexity index is 1090. The number of fused-ring (bicyclic) bond motifs is 1. The predicted molar refractivity (Wildman–Crippen MR) is 101 cm³/mol. The van der Waals surface area contributed by atoms with Crippen molar-refractivity contribution in [3.8, 4) is 10.6 Å². The molecule has 0 spiro atoms. The number of aryl methyl sites for hydroxylation is 2. The minimum absolute atomic E-state index is 0.129.